The number of para-hydroxylation sites is 1. The molecule has 3 aromatic heterocycles. The number of nitrogens with one attached hydrogen (secondary N) is 5. The third kappa shape index (κ3) is 29.1. The highest BCUT2D eigenvalue weighted by Crippen LogP contribution is 2.38. The fourth-order valence-corrected chi connectivity index (χ4v) is 20.4. The molecule has 134 heavy (non-hydrogen) atoms. The first kappa shape index (κ1) is 103. The number of sulfonamides is 3. The Labute approximate surface area is 788 Å². The van der Waals surface area contributed by atoms with Gasteiger partial charge in [-0.05, 0) is 247 Å². The Kier molecular flexibility index (Phi) is 36.3. The number of amides is 2. The average Bonchev–Trinajstić information content (AvgIpc) is 1.59. The number of fused-ring (bicyclic) bond motifs is 1. The molecule has 0 bridgehead atoms. The maximum absolute atomic E-state index is 13.5. The number of carbonyl (C=O) groups excluding carboxylic acids is 2. The molecule has 2 fully saturated rings. The van der Waals surface area contributed by atoms with Gasteiger partial charge in [-0.25, -0.2) is 34.0 Å². The summed E-state index contributed by atoms with van der Waals surface area (Å²) < 4.78 is 169. The predicted molar refractivity (Wildman–Crippen MR) is 519 cm³/mol. The van der Waals surface area contributed by atoms with Crippen molar-refractivity contribution in [3.05, 3.63) is 322 Å². The third-order valence-corrected chi connectivity index (χ3v) is 28.6. The van der Waals surface area contributed by atoms with Crippen LogP contribution in [0.4, 0.5) is 39.0 Å². The van der Waals surface area contributed by atoms with Crippen molar-refractivity contribution in [2.75, 3.05) is 80.4 Å². The molecule has 2 saturated heterocycles. The molecule has 1 unspecified atom stereocenters. The smallest absolute Gasteiger partial charge is 0.422 e. The van der Waals surface area contributed by atoms with Crippen molar-refractivity contribution in [3.8, 4) is 24.1 Å². The lowest BCUT2D eigenvalue weighted by Crippen LogP contribution is -2.48. The molecule has 2 amide bonds. The van der Waals surface area contributed by atoms with Gasteiger partial charge in [0.15, 0.2) is 6.61 Å². The van der Waals surface area contributed by atoms with Crippen LogP contribution in [-0.2, 0) is 76.1 Å². The zero-order valence-corrected chi connectivity index (χ0v) is 80.2. The molecular weight excluding hydrogens is 1790 g/mol. The number of terminal acetylenes is 1. The van der Waals surface area contributed by atoms with E-state index in [1.54, 1.807) is 147 Å². The Balaban J connectivity index is 0.000000173. The Morgan fingerprint density at radius 3 is 1.85 bits per heavy atom. The Bertz CT molecular complexity index is 6250. The minimum absolute atomic E-state index is 0.0405. The Hall–Kier alpha value is -11.9. The summed E-state index contributed by atoms with van der Waals surface area (Å²) in [4.78, 5) is 44.1. The van der Waals surface area contributed by atoms with Crippen molar-refractivity contribution in [1.82, 2.24) is 39.4 Å². The lowest BCUT2D eigenvalue weighted by Gasteiger charge is -2.42. The number of aryl methyl sites for hydroxylation is 3. The number of halogens is 5. The van der Waals surface area contributed by atoms with Gasteiger partial charge in [0.2, 0.25) is 27.7 Å². The van der Waals surface area contributed by atoms with E-state index >= 15 is 0 Å². The molecule has 9 aromatic carbocycles. The van der Waals surface area contributed by atoms with E-state index in [9.17, 15) is 56.8 Å². The first-order valence-electron chi connectivity index (χ1n) is 44.4. The average molecular weight is 1910 g/mol. The summed E-state index contributed by atoms with van der Waals surface area (Å²) in [6.45, 7) is 22.6. The van der Waals surface area contributed by atoms with E-state index in [1.165, 1.54) is 53.7 Å². The molecule has 2 aliphatic heterocycles. The number of ether oxygens (including phenoxy) is 3. The third-order valence-electron chi connectivity index (χ3n) is 23.1. The van der Waals surface area contributed by atoms with E-state index in [1.807, 2.05) is 80.6 Å². The number of alkyl halides is 3. The lowest BCUT2D eigenvalue weighted by atomic mass is 9.72. The minimum Gasteiger partial charge on any atom is -0.478 e. The first-order valence-corrected chi connectivity index (χ1v) is 49.8. The number of thioether (sulfide) groups is 1. The number of piperidine rings is 1. The number of nitrogens with zero attached hydrogens (tertiary/aromatic N) is 6. The molecule has 0 saturated carbocycles. The number of unbranched alkanes of at least 4 members (excludes halogenated alkanes) is 1. The highest BCUT2D eigenvalue weighted by molar-refractivity contribution is 7.98. The molecule has 2 aliphatic rings. The van der Waals surface area contributed by atoms with E-state index in [4.69, 9.17) is 20.6 Å². The summed E-state index contributed by atoms with van der Waals surface area (Å²) in [5, 5.41) is 7.00. The molecule has 1 atom stereocenters. The van der Waals surface area contributed by atoms with Gasteiger partial charge in [0, 0.05) is 77.9 Å². The summed E-state index contributed by atoms with van der Waals surface area (Å²) in [5.41, 5.74) is 11.4. The van der Waals surface area contributed by atoms with E-state index < -0.39 is 54.8 Å². The van der Waals surface area contributed by atoms with Crippen molar-refractivity contribution in [2.24, 2.45) is 7.05 Å². The zero-order valence-electron chi connectivity index (χ0n) is 77.0. The quantitative estimate of drug-likeness (QED) is 0.0108. The maximum atomic E-state index is 13.5. The molecule has 0 radical (unpaired) electrons. The van der Waals surface area contributed by atoms with Crippen molar-refractivity contribution in [1.29, 1.82) is 0 Å². The molecule has 5 heterocycles. The highest BCUT2D eigenvalue weighted by Gasteiger charge is 2.38. The zero-order chi connectivity index (χ0) is 96.4. The number of aromatic nitrogens is 4. The van der Waals surface area contributed by atoms with Gasteiger partial charge in [0.25, 0.3) is 26.0 Å². The van der Waals surface area contributed by atoms with Crippen LogP contribution in [-0.4, -0.2) is 144 Å². The lowest BCUT2D eigenvalue weighted by molar-refractivity contribution is -0.154. The molecule has 31 heteroatoms. The monoisotopic (exact) mass is 1910 g/mol. The van der Waals surface area contributed by atoms with Gasteiger partial charge in [-0.2, -0.15) is 27.9 Å². The molecule has 12 aromatic rings. The summed E-state index contributed by atoms with van der Waals surface area (Å²) >= 11 is 1.32. The normalized spacial score (nSPS) is 13.7. The van der Waals surface area contributed by atoms with Crippen LogP contribution in [0, 0.1) is 51.7 Å². The molecule has 0 aliphatic carbocycles. The molecule has 708 valence electrons. The first-order chi connectivity index (χ1) is 63.9. The van der Waals surface area contributed by atoms with Gasteiger partial charge in [0.1, 0.15) is 39.4 Å². The fourth-order valence-electron chi connectivity index (χ4n) is 15.6. The number of carbonyl (C=O) groups is 2. The van der Waals surface area contributed by atoms with Crippen LogP contribution < -0.4 is 34.3 Å². The number of hydrogen-bond donors (Lipinski definition) is 5. The second-order valence-corrected chi connectivity index (χ2v) is 40.0. The van der Waals surface area contributed by atoms with Crippen molar-refractivity contribution >= 4 is 81.6 Å². The number of hydrogen-bond acceptors (Lipinski definition) is 17. The van der Waals surface area contributed by atoms with Gasteiger partial charge < -0.3 is 39.2 Å². The summed E-state index contributed by atoms with van der Waals surface area (Å²) in [5.74, 6) is 1.84. The molecule has 0 spiro atoms. The van der Waals surface area contributed by atoms with Crippen LogP contribution in [0.3, 0.4) is 0 Å². The molecular formula is C103H116F5N11O11S4. The van der Waals surface area contributed by atoms with Gasteiger partial charge >= 0.3 is 6.18 Å². The minimum atomic E-state index is -4.50. The van der Waals surface area contributed by atoms with Crippen LogP contribution in [0.15, 0.2) is 262 Å². The topological polar surface area (TPSA) is 274 Å². The van der Waals surface area contributed by atoms with Crippen LogP contribution in [0.25, 0.3) is 10.9 Å². The SMILES string of the molecule is C#CCNCC1(c2ccccc2)CCN(CCCCOC(c2ccc(F)cc2)c2ccc(F)cc2)CC1.CCOc1cc(OCC(F)(F)F)nc(CSc2ccc(NS(=O)(=O)c3ccc(C(C)(C)C)cc3)cc2)n1.CCc1ccc(NC(=O)C(Cc2ccccc2)NS(=O)(=O)c2cccc3cccnc23)cc1.Cc1ccc(C)c(NS(=O)(=O)c2c(C(=O)N3CCCC3)c(C)n(C)c2C)c1. The van der Waals surface area contributed by atoms with Crippen LogP contribution in [0.1, 0.15) is 151 Å². The van der Waals surface area contributed by atoms with E-state index in [-0.39, 0.29) is 91.1 Å². The van der Waals surface area contributed by atoms with Gasteiger partial charge in [-0.15, -0.1) is 18.2 Å². The molecule has 14 rings (SSSR count). The molecule has 5 N–H and O–H groups in total. The summed E-state index contributed by atoms with van der Waals surface area (Å²) in [6.07, 6.45) is 9.34. The number of pyridine rings is 1. The number of benzene rings is 9. The largest absolute Gasteiger partial charge is 0.478 e. The highest BCUT2D eigenvalue weighted by atomic mass is 32.2. The number of anilines is 3. The van der Waals surface area contributed by atoms with Crippen LogP contribution >= 0.6 is 11.8 Å². The second-order valence-electron chi connectivity index (χ2n) is 33.9. The second kappa shape index (κ2) is 47.4. The predicted octanol–water partition coefficient (Wildman–Crippen LogP) is 19.9. The summed E-state index contributed by atoms with van der Waals surface area (Å²) in [7, 11) is -9.90. The van der Waals surface area contributed by atoms with Gasteiger partial charge in [-0.3, -0.25) is 24.0 Å². The Morgan fingerprint density at radius 2 is 1.25 bits per heavy atom. The van der Waals surface area contributed by atoms with Gasteiger partial charge in [0.05, 0.1) is 46.6 Å². The molecule has 22 nitrogen and oxygen atoms in total. The Morgan fingerprint density at radius 1 is 0.634 bits per heavy atom. The van der Waals surface area contributed by atoms with E-state index in [0.29, 0.717) is 65.6 Å². The number of likely N-dealkylation sites (tertiary alicyclic amines) is 2. The number of rotatable bonds is 34. The van der Waals surface area contributed by atoms with Crippen molar-refractivity contribution < 1.29 is 71.0 Å². The van der Waals surface area contributed by atoms with Gasteiger partial charge in [-0.1, -0.05) is 173 Å². The van der Waals surface area contributed by atoms with E-state index in [2.05, 4.69) is 109 Å². The van der Waals surface area contributed by atoms with Crippen molar-refractivity contribution in [3.63, 3.8) is 0 Å². The van der Waals surface area contributed by atoms with E-state index in [0.717, 1.165) is 115 Å². The van der Waals surface area contributed by atoms with Crippen LogP contribution in [0.2, 0.25) is 0 Å². The summed E-state index contributed by atoms with van der Waals surface area (Å²) in [6, 6.07) is 68.1. The van der Waals surface area contributed by atoms with Crippen LogP contribution in [0.5, 0.6) is 11.8 Å². The fraction of sp³-hybridized carbons (Fsp3) is 0.330. The van der Waals surface area contributed by atoms with Crippen molar-refractivity contribution in [2.45, 2.75) is 168 Å². The maximum Gasteiger partial charge on any atom is 0.422 e. The standard InChI is InChI=1S/C32H36F2N2O.C26H25N3O3S.C25H28F3N3O4S2.C20H27N3O3S/c1-2-20-35-25-32(28-8-4-3-5-9-28)18-22-36(23-19-32)21-6-7-24-37-31(26-10-14-29(33)15-11-26)27-12-16-30(34)17-13-27;1-2-19-13-15-22(16-14-19)28-26(30)23(18-20-8-4-3-5-9-20)29-33(31,32)24-12-6-10-21-11-7-17-27-25(21)24;1-5-34-22-14-23(35-16-25(26,27)28)30-21(29-22)15-36-19-10-8-18(9-11-19)31-37(32,33)20-12-6-17(7-13-20)24(2,3)4;1-13-8-9-14(2)17(12-13)21-27(25,26)19-16(4)22(5)15(3)18(19)20(24)23-10-6-7-11-23/h1,3-5,8-17,31,35H,6-7,18-25H2;3-17,23,29H,2,18H2,1H3,(H,28,30);6-14,31H,5,15-16H2,1-4H3;8-9,12,21H,6-7,10-11H2,1-5H3.